The molecule has 2 heterocycles. The van der Waals surface area contributed by atoms with Crippen LogP contribution in [0.5, 0.6) is 0 Å². The van der Waals surface area contributed by atoms with Crippen molar-refractivity contribution in [3.8, 4) is 6.07 Å². The van der Waals surface area contributed by atoms with Gasteiger partial charge in [-0.05, 0) is 56.2 Å². The Morgan fingerprint density at radius 3 is 2.34 bits per heavy atom. The number of nitriles is 1. The zero-order valence-electron chi connectivity index (χ0n) is 18.5. The molecule has 0 spiro atoms. The first-order valence-electron chi connectivity index (χ1n) is 10.0. The molecular weight excluding hydrogens is 440 g/mol. The molecule has 3 rings (SSSR count). The van der Waals surface area contributed by atoms with Crippen molar-refractivity contribution in [3.05, 3.63) is 65.4 Å². The highest BCUT2D eigenvalue weighted by Gasteiger charge is 2.48. The quantitative estimate of drug-likeness (QED) is 0.372. The SMILES string of the molecule is C=C1N(c2cnc(C#N)c(C(F)(F)F)c2)C(=S)N(c2ccc(C)c(F)c2)C1(C)CC.CC. The minimum Gasteiger partial charge on any atom is -0.307 e. The van der Waals surface area contributed by atoms with Crippen LogP contribution >= 0.6 is 12.2 Å². The highest BCUT2D eigenvalue weighted by Crippen LogP contribution is 2.44. The lowest BCUT2D eigenvalue weighted by Gasteiger charge is -2.34. The molecule has 0 saturated carbocycles. The van der Waals surface area contributed by atoms with Gasteiger partial charge in [-0.3, -0.25) is 4.90 Å². The van der Waals surface area contributed by atoms with E-state index in [9.17, 15) is 17.6 Å². The monoisotopic (exact) mass is 464 g/mol. The summed E-state index contributed by atoms with van der Waals surface area (Å²) in [5, 5.41) is 9.13. The highest BCUT2D eigenvalue weighted by atomic mass is 32.1. The van der Waals surface area contributed by atoms with Gasteiger partial charge in [0.25, 0.3) is 0 Å². The predicted octanol–water partition coefficient (Wildman–Crippen LogP) is 6.74. The molecule has 1 aromatic carbocycles. The number of rotatable bonds is 3. The van der Waals surface area contributed by atoms with Crippen molar-refractivity contribution in [3.63, 3.8) is 0 Å². The van der Waals surface area contributed by atoms with E-state index in [2.05, 4.69) is 11.6 Å². The van der Waals surface area contributed by atoms with E-state index in [0.29, 0.717) is 23.4 Å². The van der Waals surface area contributed by atoms with Gasteiger partial charge in [0.05, 0.1) is 23.0 Å². The first-order chi connectivity index (χ1) is 15.0. The van der Waals surface area contributed by atoms with Crippen LogP contribution in [0.4, 0.5) is 28.9 Å². The largest absolute Gasteiger partial charge is 0.419 e. The van der Waals surface area contributed by atoms with Crippen LogP contribution in [0.2, 0.25) is 0 Å². The van der Waals surface area contributed by atoms with Crippen LogP contribution in [0.3, 0.4) is 0 Å². The number of anilines is 2. The first kappa shape index (κ1) is 25.3. The lowest BCUT2D eigenvalue weighted by molar-refractivity contribution is -0.138. The minimum absolute atomic E-state index is 0.0334. The molecule has 0 aliphatic carbocycles. The molecule has 0 bridgehead atoms. The van der Waals surface area contributed by atoms with Crippen molar-refractivity contribution in [2.45, 2.75) is 52.8 Å². The van der Waals surface area contributed by atoms with Crippen molar-refractivity contribution in [1.82, 2.24) is 4.98 Å². The number of aromatic nitrogens is 1. The second-order valence-corrected chi connectivity index (χ2v) is 7.53. The number of nitrogens with zero attached hydrogens (tertiary/aromatic N) is 4. The molecule has 1 fully saturated rings. The Balaban J connectivity index is 0.00000176. The van der Waals surface area contributed by atoms with Crippen LogP contribution in [0.15, 0.2) is 42.7 Å². The first-order valence-corrected chi connectivity index (χ1v) is 10.4. The van der Waals surface area contributed by atoms with E-state index in [-0.39, 0.29) is 10.8 Å². The molecule has 0 N–H and O–H groups in total. The molecule has 0 radical (unpaired) electrons. The maximum Gasteiger partial charge on any atom is 0.419 e. The van der Waals surface area contributed by atoms with Gasteiger partial charge in [-0.15, -0.1) is 0 Å². The fraction of sp³-hybridized carbons (Fsp3) is 0.348. The lowest BCUT2D eigenvalue weighted by Crippen LogP contribution is -2.43. The summed E-state index contributed by atoms with van der Waals surface area (Å²) < 4.78 is 54.5. The number of pyridine rings is 1. The Labute approximate surface area is 190 Å². The Morgan fingerprint density at radius 2 is 1.84 bits per heavy atom. The Bertz CT molecular complexity index is 1090. The Morgan fingerprint density at radius 1 is 1.22 bits per heavy atom. The molecule has 2 aromatic rings. The molecule has 170 valence electrons. The molecule has 4 nitrogen and oxygen atoms in total. The summed E-state index contributed by atoms with van der Waals surface area (Å²) in [4.78, 5) is 6.74. The van der Waals surface area contributed by atoms with Crippen molar-refractivity contribution in [2.75, 3.05) is 9.80 Å². The van der Waals surface area contributed by atoms with Crippen LogP contribution in [-0.2, 0) is 6.18 Å². The summed E-state index contributed by atoms with van der Waals surface area (Å²) in [5.41, 5.74) is -1.29. The third kappa shape index (κ3) is 4.19. The molecule has 1 saturated heterocycles. The van der Waals surface area contributed by atoms with Crippen molar-refractivity contribution in [1.29, 1.82) is 5.26 Å². The smallest absolute Gasteiger partial charge is 0.307 e. The van der Waals surface area contributed by atoms with E-state index >= 15 is 0 Å². The van der Waals surface area contributed by atoms with E-state index in [1.807, 2.05) is 27.7 Å². The second-order valence-electron chi connectivity index (χ2n) is 7.16. The summed E-state index contributed by atoms with van der Waals surface area (Å²) in [5.74, 6) is -0.419. The van der Waals surface area contributed by atoms with Crippen LogP contribution in [0.25, 0.3) is 0 Å². The van der Waals surface area contributed by atoms with Crippen molar-refractivity contribution in [2.24, 2.45) is 0 Å². The fourth-order valence-corrected chi connectivity index (χ4v) is 3.94. The number of thiocarbonyl (C=S) groups is 1. The van der Waals surface area contributed by atoms with Gasteiger partial charge in [0.2, 0.25) is 0 Å². The molecule has 1 unspecified atom stereocenters. The molecule has 9 heteroatoms. The number of alkyl halides is 3. The summed E-state index contributed by atoms with van der Waals surface area (Å²) in [6.07, 6.45) is -3.10. The van der Waals surface area contributed by atoms with E-state index in [0.717, 1.165) is 12.3 Å². The predicted molar refractivity (Wildman–Crippen MR) is 122 cm³/mol. The van der Waals surface area contributed by atoms with E-state index in [1.165, 1.54) is 17.0 Å². The average molecular weight is 465 g/mol. The average Bonchev–Trinajstić information content (AvgIpc) is 2.96. The molecule has 1 atom stereocenters. The van der Waals surface area contributed by atoms with Crippen molar-refractivity contribution < 1.29 is 17.6 Å². The third-order valence-corrected chi connectivity index (χ3v) is 5.78. The van der Waals surface area contributed by atoms with Gasteiger partial charge in [0.1, 0.15) is 11.9 Å². The summed E-state index contributed by atoms with van der Waals surface area (Å²) in [6.45, 7) is 13.4. The van der Waals surface area contributed by atoms with Gasteiger partial charge >= 0.3 is 6.18 Å². The van der Waals surface area contributed by atoms with Gasteiger partial charge in [-0.2, -0.15) is 18.4 Å². The van der Waals surface area contributed by atoms with Crippen LogP contribution in [0, 0.1) is 24.1 Å². The normalized spacial score (nSPS) is 18.4. The lowest BCUT2D eigenvalue weighted by atomic mass is 9.93. The van der Waals surface area contributed by atoms with Crippen LogP contribution in [-0.4, -0.2) is 15.6 Å². The number of benzene rings is 1. The molecule has 1 aliphatic heterocycles. The topological polar surface area (TPSA) is 43.2 Å². The molecule has 0 amide bonds. The zero-order valence-corrected chi connectivity index (χ0v) is 19.3. The summed E-state index contributed by atoms with van der Waals surface area (Å²) >= 11 is 5.59. The maximum absolute atomic E-state index is 14.2. The maximum atomic E-state index is 14.2. The minimum atomic E-state index is -4.76. The highest BCUT2D eigenvalue weighted by molar-refractivity contribution is 7.80. The standard InChI is InChI=1S/C21H18F4N4S.C2H6/c1-5-20(4)13(3)28(15-8-16(21(23,24)25)18(10-26)27-11-15)19(30)29(20)14-7-6-12(2)17(22)9-14;1-2/h6-9,11H,3,5H2,1-2,4H3;1-2H3. The van der Waals surface area contributed by atoms with Crippen LogP contribution < -0.4 is 9.80 Å². The number of aryl methyl sites for hydroxylation is 1. The van der Waals surface area contributed by atoms with Crippen LogP contribution in [0.1, 0.15) is 50.9 Å². The summed E-state index contributed by atoms with van der Waals surface area (Å²) in [7, 11) is 0. The van der Waals surface area contributed by atoms with Gasteiger partial charge in [-0.25, -0.2) is 9.37 Å². The van der Waals surface area contributed by atoms with E-state index < -0.39 is 28.8 Å². The molecular formula is C23H24F4N4S. The van der Waals surface area contributed by atoms with Gasteiger partial charge in [-0.1, -0.05) is 33.4 Å². The van der Waals surface area contributed by atoms with Gasteiger partial charge in [0, 0.05) is 11.4 Å². The second kappa shape index (κ2) is 9.25. The number of halogens is 4. The van der Waals surface area contributed by atoms with Gasteiger partial charge in [0.15, 0.2) is 10.8 Å². The molecule has 1 aliphatic rings. The summed E-state index contributed by atoms with van der Waals surface area (Å²) in [6, 6.07) is 6.94. The van der Waals surface area contributed by atoms with Gasteiger partial charge < -0.3 is 4.90 Å². The van der Waals surface area contributed by atoms with E-state index in [4.69, 9.17) is 17.5 Å². The number of hydrogen-bond donors (Lipinski definition) is 0. The Hall–Kier alpha value is -2.99. The molecule has 32 heavy (non-hydrogen) atoms. The number of hydrogen-bond acceptors (Lipinski definition) is 3. The zero-order chi connectivity index (χ0) is 24.4. The molecule has 1 aromatic heterocycles. The van der Waals surface area contributed by atoms with E-state index in [1.54, 1.807) is 24.0 Å². The third-order valence-electron chi connectivity index (χ3n) is 5.41. The fourth-order valence-electron chi connectivity index (χ4n) is 3.42. The Kier molecular flexibility index (Phi) is 7.30. The van der Waals surface area contributed by atoms with Crippen molar-refractivity contribution >= 4 is 28.7 Å².